The minimum absolute atomic E-state index is 0.00102. The lowest BCUT2D eigenvalue weighted by molar-refractivity contribution is -0.116. The molecule has 0 aliphatic heterocycles. The number of nitrogens with zero attached hydrogens (tertiary/aromatic N) is 1. The number of nitrogens with one attached hydrogen (secondary N) is 1. The van der Waals surface area contributed by atoms with Gasteiger partial charge in [0.1, 0.15) is 11.3 Å². The van der Waals surface area contributed by atoms with Crippen LogP contribution >= 0.6 is 0 Å². The molecule has 0 radical (unpaired) electrons. The van der Waals surface area contributed by atoms with Gasteiger partial charge in [-0.3, -0.25) is 4.79 Å². The van der Waals surface area contributed by atoms with Crippen molar-refractivity contribution in [1.82, 2.24) is 4.98 Å². The van der Waals surface area contributed by atoms with E-state index in [9.17, 15) is 9.90 Å². The van der Waals surface area contributed by atoms with Crippen LogP contribution in [0.2, 0.25) is 0 Å². The van der Waals surface area contributed by atoms with E-state index in [1.807, 2.05) is 24.3 Å². The van der Waals surface area contributed by atoms with Gasteiger partial charge in [-0.1, -0.05) is 109 Å². The van der Waals surface area contributed by atoms with Gasteiger partial charge in [0, 0.05) is 12.1 Å². The molecule has 0 atom stereocenters. The van der Waals surface area contributed by atoms with Gasteiger partial charge in [-0.25, -0.2) is 4.98 Å². The minimum Gasteiger partial charge on any atom is -0.507 e. The van der Waals surface area contributed by atoms with Gasteiger partial charge in [0.15, 0.2) is 5.58 Å². The van der Waals surface area contributed by atoms with Gasteiger partial charge in [0.25, 0.3) is 0 Å². The molecular weight excluding hydrogens is 448 g/mol. The SMILES string of the molecule is CCCCCCCCCCCCCCCCCC(=O)Nc1ccc(O)c(-c2nc3ccccc3o2)c1. The molecule has 0 aliphatic rings. The van der Waals surface area contributed by atoms with Crippen LogP contribution in [0.25, 0.3) is 22.6 Å². The van der Waals surface area contributed by atoms with Crippen molar-refractivity contribution in [2.24, 2.45) is 0 Å². The number of para-hydroxylation sites is 2. The molecule has 0 spiro atoms. The summed E-state index contributed by atoms with van der Waals surface area (Å²) < 4.78 is 5.77. The molecule has 5 nitrogen and oxygen atoms in total. The first-order valence-electron chi connectivity index (χ1n) is 14.2. The minimum atomic E-state index is -0.00102. The Morgan fingerprint density at radius 2 is 1.39 bits per heavy atom. The van der Waals surface area contributed by atoms with E-state index in [2.05, 4.69) is 17.2 Å². The third-order valence-corrected chi connectivity index (χ3v) is 6.81. The van der Waals surface area contributed by atoms with E-state index in [-0.39, 0.29) is 11.7 Å². The number of aromatic nitrogens is 1. The molecule has 0 bridgehead atoms. The highest BCUT2D eigenvalue weighted by molar-refractivity contribution is 5.91. The largest absolute Gasteiger partial charge is 0.507 e. The summed E-state index contributed by atoms with van der Waals surface area (Å²) in [5.74, 6) is 0.410. The molecule has 196 valence electrons. The van der Waals surface area contributed by atoms with Crippen LogP contribution in [0.3, 0.4) is 0 Å². The predicted molar refractivity (Wildman–Crippen MR) is 149 cm³/mol. The molecule has 3 rings (SSSR count). The summed E-state index contributed by atoms with van der Waals surface area (Å²) in [7, 11) is 0. The van der Waals surface area contributed by atoms with Crippen LogP contribution in [0.15, 0.2) is 46.9 Å². The third-order valence-electron chi connectivity index (χ3n) is 6.81. The van der Waals surface area contributed by atoms with Crippen molar-refractivity contribution in [3.8, 4) is 17.2 Å². The number of oxazole rings is 1. The smallest absolute Gasteiger partial charge is 0.231 e. The molecular formula is C31H44N2O3. The summed E-state index contributed by atoms with van der Waals surface area (Å²) >= 11 is 0. The Balaban J connectivity index is 1.25. The first-order chi connectivity index (χ1) is 17.7. The van der Waals surface area contributed by atoms with Gasteiger partial charge >= 0.3 is 0 Å². The van der Waals surface area contributed by atoms with E-state index in [4.69, 9.17) is 4.42 Å². The van der Waals surface area contributed by atoms with Crippen molar-refractivity contribution in [3.63, 3.8) is 0 Å². The maximum Gasteiger partial charge on any atom is 0.231 e. The van der Waals surface area contributed by atoms with Gasteiger partial charge in [-0.05, 0) is 36.8 Å². The highest BCUT2D eigenvalue weighted by Crippen LogP contribution is 2.33. The van der Waals surface area contributed by atoms with Crippen molar-refractivity contribution in [2.45, 2.75) is 110 Å². The van der Waals surface area contributed by atoms with Crippen LogP contribution in [0.4, 0.5) is 5.69 Å². The van der Waals surface area contributed by atoms with Crippen LogP contribution in [-0.2, 0) is 4.79 Å². The van der Waals surface area contributed by atoms with Crippen molar-refractivity contribution in [1.29, 1.82) is 0 Å². The number of fused-ring (bicyclic) bond motifs is 1. The summed E-state index contributed by atoms with van der Waals surface area (Å²) in [5.41, 5.74) is 2.50. The van der Waals surface area contributed by atoms with Crippen LogP contribution in [0.5, 0.6) is 5.75 Å². The lowest BCUT2D eigenvalue weighted by Gasteiger charge is -2.08. The summed E-state index contributed by atoms with van der Waals surface area (Å²) in [6.45, 7) is 2.27. The molecule has 1 heterocycles. The number of hydrogen-bond donors (Lipinski definition) is 2. The van der Waals surface area contributed by atoms with Crippen LogP contribution in [0, 0.1) is 0 Å². The second-order valence-corrected chi connectivity index (χ2v) is 9.97. The number of carbonyl (C=O) groups is 1. The third kappa shape index (κ3) is 9.67. The quantitative estimate of drug-likeness (QED) is 0.137. The Morgan fingerprint density at radius 1 is 0.806 bits per heavy atom. The average Bonchev–Trinajstić information content (AvgIpc) is 3.31. The second kappa shape index (κ2) is 16.0. The van der Waals surface area contributed by atoms with E-state index < -0.39 is 0 Å². The molecule has 0 saturated carbocycles. The Labute approximate surface area is 216 Å². The molecule has 0 unspecified atom stereocenters. The molecule has 0 fully saturated rings. The van der Waals surface area contributed by atoms with E-state index in [0.717, 1.165) is 18.4 Å². The maximum absolute atomic E-state index is 12.4. The zero-order valence-electron chi connectivity index (χ0n) is 22.1. The highest BCUT2D eigenvalue weighted by atomic mass is 16.3. The van der Waals surface area contributed by atoms with Crippen LogP contribution in [0.1, 0.15) is 110 Å². The Hall–Kier alpha value is -2.82. The first kappa shape index (κ1) is 27.8. The first-order valence-corrected chi connectivity index (χ1v) is 14.2. The number of unbranched alkanes of at least 4 members (excludes halogenated alkanes) is 14. The molecule has 36 heavy (non-hydrogen) atoms. The fourth-order valence-corrected chi connectivity index (χ4v) is 4.65. The predicted octanol–water partition coefficient (Wildman–Crippen LogP) is 9.40. The Kier molecular flexibility index (Phi) is 12.4. The summed E-state index contributed by atoms with van der Waals surface area (Å²) in [6.07, 6.45) is 20.2. The molecule has 0 aliphatic carbocycles. The number of aromatic hydroxyl groups is 1. The van der Waals surface area contributed by atoms with E-state index in [1.54, 1.807) is 18.2 Å². The molecule has 3 aromatic rings. The zero-order chi connectivity index (χ0) is 25.4. The fourth-order valence-electron chi connectivity index (χ4n) is 4.65. The van der Waals surface area contributed by atoms with Gasteiger partial charge in [0.05, 0.1) is 5.56 Å². The molecule has 5 heteroatoms. The number of carbonyl (C=O) groups excluding carboxylic acids is 1. The number of phenols is 1. The van der Waals surface area contributed by atoms with Crippen molar-refractivity contribution in [3.05, 3.63) is 42.5 Å². The summed E-state index contributed by atoms with van der Waals surface area (Å²) in [4.78, 5) is 16.9. The monoisotopic (exact) mass is 492 g/mol. The number of hydrogen-bond acceptors (Lipinski definition) is 4. The van der Waals surface area contributed by atoms with Crippen molar-refractivity contribution in [2.75, 3.05) is 5.32 Å². The van der Waals surface area contributed by atoms with Gasteiger partial charge in [-0.15, -0.1) is 0 Å². The lowest BCUT2D eigenvalue weighted by Crippen LogP contribution is -2.11. The van der Waals surface area contributed by atoms with Crippen molar-refractivity contribution >= 4 is 22.7 Å². The molecule has 1 amide bonds. The molecule has 2 aromatic carbocycles. The normalized spacial score (nSPS) is 11.2. The standard InChI is InChI=1S/C31H44N2O3/c1-2-3-4-5-6-7-8-9-10-11-12-13-14-15-16-21-30(35)32-25-22-23-28(34)26(24-25)31-33-27-19-17-18-20-29(27)36-31/h17-20,22-24,34H,2-16,21H2,1H3,(H,32,35). The molecule has 2 N–H and O–H groups in total. The van der Waals surface area contributed by atoms with Crippen molar-refractivity contribution < 1.29 is 14.3 Å². The number of benzene rings is 2. The van der Waals surface area contributed by atoms with E-state index >= 15 is 0 Å². The van der Waals surface area contributed by atoms with Crippen LogP contribution in [-0.4, -0.2) is 16.0 Å². The Bertz CT molecular complexity index is 1010. The highest BCUT2D eigenvalue weighted by Gasteiger charge is 2.14. The van der Waals surface area contributed by atoms with Gasteiger partial charge in [0.2, 0.25) is 11.8 Å². The summed E-state index contributed by atoms with van der Waals surface area (Å²) in [6, 6.07) is 12.5. The van der Waals surface area contributed by atoms with Gasteiger partial charge in [-0.2, -0.15) is 0 Å². The number of anilines is 1. The fraction of sp³-hybridized carbons (Fsp3) is 0.548. The summed E-state index contributed by atoms with van der Waals surface area (Å²) in [5, 5.41) is 13.2. The lowest BCUT2D eigenvalue weighted by atomic mass is 10.0. The van der Waals surface area contributed by atoms with E-state index in [1.165, 1.54) is 83.5 Å². The van der Waals surface area contributed by atoms with E-state index in [0.29, 0.717) is 29.1 Å². The average molecular weight is 493 g/mol. The Morgan fingerprint density at radius 3 is 2.00 bits per heavy atom. The van der Waals surface area contributed by atoms with Crippen LogP contribution < -0.4 is 5.32 Å². The maximum atomic E-state index is 12.4. The molecule has 1 aromatic heterocycles. The second-order valence-electron chi connectivity index (χ2n) is 9.97. The number of rotatable bonds is 18. The number of amides is 1. The van der Waals surface area contributed by atoms with Gasteiger partial charge < -0.3 is 14.8 Å². The topological polar surface area (TPSA) is 75.4 Å². The number of phenolic OH excluding ortho intramolecular Hbond substituents is 1. The zero-order valence-corrected chi connectivity index (χ0v) is 22.1. The molecule has 0 saturated heterocycles.